The van der Waals surface area contributed by atoms with Crippen LogP contribution in [0.1, 0.15) is 43.8 Å². The van der Waals surface area contributed by atoms with Crippen molar-refractivity contribution in [2.24, 2.45) is 0 Å². The van der Waals surface area contributed by atoms with Gasteiger partial charge in [0.1, 0.15) is 11.2 Å². The van der Waals surface area contributed by atoms with Crippen molar-refractivity contribution in [1.82, 2.24) is 0 Å². The van der Waals surface area contributed by atoms with Gasteiger partial charge in [-0.05, 0) is 44.5 Å². The standard InChI is InChI=1S/C16H18O4S/c1-10(17)21-9-11-5-6-13-12(7-11)8-14(19-13)15(18)20-16(2,3)4/h5-8H,9H2,1-4H3. The highest BCUT2D eigenvalue weighted by Gasteiger charge is 2.21. The fourth-order valence-corrected chi connectivity index (χ4v) is 2.35. The van der Waals surface area contributed by atoms with Gasteiger partial charge in [-0.15, -0.1) is 0 Å². The third-order valence-electron chi connectivity index (χ3n) is 2.62. The predicted molar refractivity (Wildman–Crippen MR) is 83.4 cm³/mol. The average molecular weight is 306 g/mol. The van der Waals surface area contributed by atoms with Crippen LogP contribution in [0.4, 0.5) is 0 Å². The molecule has 0 saturated heterocycles. The molecule has 0 aliphatic rings. The Hall–Kier alpha value is -1.75. The molecule has 0 atom stereocenters. The summed E-state index contributed by atoms with van der Waals surface area (Å²) in [4.78, 5) is 23.0. The van der Waals surface area contributed by atoms with Crippen molar-refractivity contribution in [1.29, 1.82) is 0 Å². The number of ether oxygens (including phenoxy) is 1. The lowest BCUT2D eigenvalue weighted by Crippen LogP contribution is -2.23. The quantitative estimate of drug-likeness (QED) is 0.797. The van der Waals surface area contributed by atoms with Crippen LogP contribution in [0.25, 0.3) is 11.0 Å². The summed E-state index contributed by atoms with van der Waals surface area (Å²) in [6.45, 7) is 6.97. The molecule has 1 aromatic carbocycles. The lowest BCUT2D eigenvalue weighted by molar-refractivity contribution is -0.109. The summed E-state index contributed by atoms with van der Waals surface area (Å²) in [6.07, 6.45) is 0. The van der Waals surface area contributed by atoms with E-state index in [4.69, 9.17) is 9.15 Å². The zero-order valence-corrected chi connectivity index (χ0v) is 13.4. The maximum absolute atomic E-state index is 12.0. The molecule has 0 unspecified atom stereocenters. The molecule has 0 spiro atoms. The molecule has 21 heavy (non-hydrogen) atoms. The molecule has 0 saturated carbocycles. The fourth-order valence-electron chi connectivity index (χ4n) is 1.80. The van der Waals surface area contributed by atoms with Crippen molar-refractivity contribution >= 4 is 33.8 Å². The van der Waals surface area contributed by atoms with E-state index in [0.717, 1.165) is 10.9 Å². The lowest BCUT2D eigenvalue weighted by Gasteiger charge is -2.18. The van der Waals surface area contributed by atoms with Crippen molar-refractivity contribution in [3.8, 4) is 0 Å². The number of fused-ring (bicyclic) bond motifs is 1. The molecule has 4 nitrogen and oxygen atoms in total. The molecular formula is C16H18O4S. The van der Waals surface area contributed by atoms with Crippen LogP contribution < -0.4 is 0 Å². The number of hydrogen-bond acceptors (Lipinski definition) is 5. The second-order valence-corrected chi connectivity index (χ2v) is 6.92. The summed E-state index contributed by atoms with van der Waals surface area (Å²) >= 11 is 1.25. The minimum atomic E-state index is -0.556. The van der Waals surface area contributed by atoms with Crippen molar-refractivity contribution in [2.75, 3.05) is 0 Å². The molecule has 1 heterocycles. The minimum absolute atomic E-state index is 0.0803. The van der Waals surface area contributed by atoms with Crippen molar-refractivity contribution < 1.29 is 18.7 Å². The Bertz CT molecular complexity index is 679. The van der Waals surface area contributed by atoms with Gasteiger partial charge in [0, 0.05) is 18.1 Å². The van der Waals surface area contributed by atoms with Gasteiger partial charge < -0.3 is 9.15 Å². The summed E-state index contributed by atoms with van der Waals surface area (Å²) in [5.41, 5.74) is 1.09. The van der Waals surface area contributed by atoms with Crippen LogP contribution in [0, 0.1) is 0 Å². The highest BCUT2D eigenvalue weighted by Crippen LogP contribution is 2.24. The first kappa shape index (κ1) is 15.6. The Kier molecular flexibility index (Phi) is 4.42. The number of rotatable bonds is 3. The van der Waals surface area contributed by atoms with Gasteiger partial charge in [-0.2, -0.15) is 0 Å². The number of furan rings is 1. The molecule has 0 N–H and O–H groups in total. The first-order valence-electron chi connectivity index (χ1n) is 6.64. The Morgan fingerprint density at radius 2 is 1.95 bits per heavy atom. The van der Waals surface area contributed by atoms with Gasteiger partial charge >= 0.3 is 5.97 Å². The van der Waals surface area contributed by atoms with E-state index in [9.17, 15) is 9.59 Å². The Morgan fingerprint density at radius 3 is 2.57 bits per heavy atom. The summed E-state index contributed by atoms with van der Waals surface area (Å²) in [7, 11) is 0. The number of carbonyl (C=O) groups excluding carboxylic acids is 2. The number of hydrogen-bond donors (Lipinski definition) is 0. The highest BCUT2D eigenvalue weighted by molar-refractivity contribution is 8.12. The van der Waals surface area contributed by atoms with E-state index in [2.05, 4.69) is 0 Å². The van der Waals surface area contributed by atoms with Gasteiger partial charge in [0.25, 0.3) is 0 Å². The van der Waals surface area contributed by atoms with E-state index in [1.807, 2.05) is 32.9 Å². The zero-order valence-electron chi connectivity index (χ0n) is 12.6. The van der Waals surface area contributed by atoms with Crippen molar-refractivity contribution in [3.63, 3.8) is 0 Å². The summed E-state index contributed by atoms with van der Waals surface area (Å²) in [5, 5.41) is 0.911. The van der Waals surface area contributed by atoms with Crippen LogP contribution in [-0.2, 0) is 15.3 Å². The van der Waals surface area contributed by atoms with E-state index in [0.29, 0.717) is 11.3 Å². The molecule has 0 bridgehead atoms. The van der Waals surface area contributed by atoms with Gasteiger partial charge in [-0.1, -0.05) is 17.8 Å². The smallest absolute Gasteiger partial charge is 0.374 e. The number of thioether (sulfide) groups is 1. The van der Waals surface area contributed by atoms with E-state index < -0.39 is 11.6 Å². The molecule has 2 rings (SSSR count). The summed E-state index contributed by atoms with van der Waals surface area (Å²) in [6, 6.07) is 7.29. The molecule has 0 aliphatic heterocycles. The predicted octanol–water partition coefficient (Wildman–Crippen LogP) is 4.17. The van der Waals surface area contributed by atoms with Crippen LogP contribution >= 0.6 is 11.8 Å². The van der Waals surface area contributed by atoms with Gasteiger partial charge in [0.05, 0.1) is 0 Å². The number of carbonyl (C=O) groups is 2. The molecule has 0 aliphatic carbocycles. The molecule has 0 amide bonds. The van der Waals surface area contributed by atoms with Gasteiger partial charge in [0.2, 0.25) is 5.76 Å². The number of benzene rings is 1. The zero-order chi connectivity index (χ0) is 15.6. The molecule has 112 valence electrons. The van der Waals surface area contributed by atoms with Gasteiger partial charge in [0.15, 0.2) is 5.12 Å². The summed E-state index contributed by atoms with van der Waals surface area (Å²) < 4.78 is 10.8. The molecule has 2 aromatic rings. The van der Waals surface area contributed by atoms with Crippen molar-refractivity contribution in [2.45, 2.75) is 39.0 Å². The van der Waals surface area contributed by atoms with Crippen LogP contribution in [0.15, 0.2) is 28.7 Å². The maximum Gasteiger partial charge on any atom is 0.374 e. The maximum atomic E-state index is 12.0. The second-order valence-electron chi connectivity index (χ2n) is 5.76. The van der Waals surface area contributed by atoms with Crippen LogP contribution in [-0.4, -0.2) is 16.7 Å². The Morgan fingerprint density at radius 1 is 1.24 bits per heavy atom. The Labute approximate surface area is 127 Å². The third-order valence-corrected chi connectivity index (χ3v) is 3.51. The Balaban J connectivity index is 2.21. The molecule has 0 radical (unpaired) electrons. The molecular weight excluding hydrogens is 288 g/mol. The minimum Gasteiger partial charge on any atom is -0.454 e. The fraction of sp³-hybridized carbons (Fsp3) is 0.375. The normalized spacial score (nSPS) is 11.6. The van der Waals surface area contributed by atoms with Crippen molar-refractivity contribution in [3.05, 3.63) is 35.6 Å². The van der Waals surface area contributed by atoms with Crippen LogP contribution in [0.2, 0.25) is 0 Å². The lowest BCUT2D eigenvalue weighted by atomic mass is 10.2. The molecule has 5 heteroatoms. The van der Waals surface area contributed by atoms with E-state index >= 15 is 0 Å². The second kappa shape index (κ2) is 5.93. The van der Waals surface area contributed by atoms with Crippen LogP contribution in [0.3, 0.4) is 0 Å². The van der Waals surface area contributed by atoms with E-state index in [-0.39, 0.29) is 10.9 Å². The monoisotopic (exact) mass is 306 g/mol. The highest BCUT2D eigenvalue weighted by atomic mass is 32.2. The van der Waals surface area contributed by atoms with Gasteiger partial charge in [-0.25, -0.2) is 4.79 Å². The first-order valence-corrected chi connectivity index (χ1v) is 7.62. The van der Waals surface area contributed by atoms with E-state index in [1.54, 1.807) is 19.1 Å². The third kappa shape index (κ3) is 4.36. The average Bonchev–Trinajstić information content (AvgIpc) is 2.77. The van der Waals surface area contributed by atoms with E-state index in [1.165, 1.54) is 11.8 Å². The number of esters is 1. The molecule has 1 aromatic heterocycles. The first-order chi connectivity index (χ1) is 9.74. The largest absolute Gasteiger partial charge is 0.454 e. The molecule has 0 fully saturated rings. The SMILES string of the molecule is CC(=O)SCc1ccc2oc(C(=O)OC(C)(C)C)cc2c1. The summed E-state index contributed by atoms with van der Waals surface area (Å²) in [5.74, 6) is 0.327. The van der Waals surface area contributed by atoms with Crippen LogP contribution in [0.5, 0.6) is 0 Å². The van der Waals surface area contributed by atoms with Gasteiger partial charge in [-0.3, -0.25) is 4.79 Å². The topological polar surface area (TPSA) is 56.5 Å².